The van der Waals surface area contributed by atoms with E-state index >= 15 is 0 Å². The van der Waals surface area contributed by atoms with Crippen molar-refractivity contribution in [3.8, 4) is 0 Å². The summed E-state index contributed by atoms with van der Waals surface area (Å²) in [6, 6.07) is 15.3. The van der Waals surface area contributed by atoms with Gasteiger partial charge >= 0.3 is 0 Å². The van der Waals surface area contributed by atoms with Crippen LogP contribution < -0.4 is 5.32 Å². The second-order valence-corrected chi connectivity index (χ2v) is 5.55. The van der Waals surface area contributed by atoms with E-state index in [0.29, 0.717) is 0 Å². The van der Waals surface area contributed by atoms with Crippen molar-refractivity contribution in [1.29, 1.82) is 0 Å². The first-order valence-corrected chi connectivity index (χ1v) is 7.34. The van der Waals surface area contributed by atoms with Gasteiger partial charge in [-0.1, -0.05) is 37.3 Å². The molecule has 0 saturated carbocycles. The molecule has 0 fully saturated rings. The van der Waals surface area contributed by atoms with Crippen molar-refractivity contribution in [3.63, 3.8) is 0 Å². The van der Waals surface area contributed by atoms with Crippen molar-refractivity contribution >= 4 is 5.69 Å². The van der Waals surface area contributed by atoms with Crippen LogP contribution in [-0.2, 0) is 6.54 Å². The molecule has 0 heterocycles. The average Bonchev–Trinajstić information content (AvgIpc) is 2.47. The number of hydrogen-bond donors (Lipinski definition) is 1. The first-order chi connectivity index (χ1) is 10.1. The van der Waals surface area contributed by atoms with E-state index in [1.54, 1.807) is 0 Å². The van der Waals surface area contributed by atoms with E-state index < -0.39 is 0 Å². The van der Waals surface area contributed by atoms with Gasteiger partial charge in [-0.2, -0.15) is 0 Å². The summed E-state index contributed by atoms with van der Waals surface area (Å²) in [4.78, 5) is 2.15. The molecule has 0 radical (unpaired) electrons. The van der Waals surface area contributed by atoms with Gasteiger partial charge in [-0.05, 0) is 49.8 Å². The number of hydrogen-bond acceptors (Lipinski definition) is 2. The Morgan fingerprint density at radius 3 is 2.33 bits per heavy atom. The summed E-state index contributed by atoms with van der Waals surface area (Å²) in [7, 11) is 4.13. The SMILES string of the molecule is CCC(Nc1ccccc1CN(C)C)c1ccc(F)cc1. The van der Waals surface area contributed by atoms with Crippen molar-refractivity contribution in [2.24, 2.45) is 0 Å². The van der Waals surface area contributed by atoms with E-state index in [4.69, 9.17) is 0 Å². The zero-order valence-corrected chi connectivity index (χ0v) is 12.9. The third kappa shape index (κ3) is 4.30. The van der Waals surface area contributed by atoms with E-state index in [1.807, 2.05) is 18.2 Å². The Bertz CT molecular complexity index is 564. The van der Waals surface area contributed by atoms with Gasteiger partial charge in [0.25, 0.3) is 0 Å². The quantitative estimate of drug-likeness (QED) is 0.844. The van der Waals surface area contributed by atoms with E-state index in [-0.39, 0.29) is 11.9 Å². The second-order valence-electron chi connectivity index (χ2n) is 5.55. The molecule has 2 aromatic rings. The van der Waals surface area contributed by atoms with E-state index in [2.05, 4.69) is 49.4 Å². The van der Waals surface area contributed by atoms with Crippen LogP contribution in [0.3, 0.4) is 0 Å². The van der Waals surface area contributed by atoms with Gasteiger partial charge in [0.2, 0.25) is 0 Å². The molecule has 0 aromatic heterocycles. The highest BCUT2D eigenvalue weighted by Crippen LogP contribution is 2.25. The number of nitrogens with one attached hydrogen (secondary N) is 1. The monoisotopic (exact) mass is 286 g/mol. The van der Waals surface area contributed by atoms with Crippen LogP contribution in [0.15, 0.2) is 48.5 Å². The zero-order chi connectivity index (χ0) is 15.2. The molecule has 1 unspecified atom stereocenters. The fourth-order valence-electron chi connectivity index (χ4n) is 2.44. The molecule has 0 spiro atoms. The topological polar surface area (TPSA) is 15.3 Å². The highest BCUT2D eigenvalue weighted by Gasteiger charge is 2.11. The highest BCUT2D eigenvalue weighted by molar-refractivity contribution is 5.52. The lowest BCUT2D eigenvalue weighted by molar-refractivity contribution is 0.403. The zero-order valence-electron chi connectivity index (χ0n) is 12.9. The van der Waals surface area contributed by atoms with Crippen molar-refractivity contribution in [1.82, 2.24) is 4.90 Å². The number of para-hydroxylation sites is 1. The fraction of sp³-hybridized carbons (Fsp3) is 0.333. The summed E-state index contributed by atoms with van der Waals surface area (Å²) in [5.74, 6) is -0.193. The van der Waals surface area contributed by atoms with Crippen LogP contribution in [0.2, 0.25) is 0 Å². The van der Waals surface area contributed by atoms with Gasteiger partial charge in [0.15, 0.2) is 0 Å². The lowest BCUT2D eigenvalue weighted by atomic mass is 10.0. The second kappa shape index (κ2) is 7.23. The number of halogens is 1. The van der Waals surface area contributed by atoms with E-state index in [0.717, 1.165) is 24.2 Å². The Kier molecular flexibility index (Phi) is 5.34. The van der Waals surface area contributed by atoms with Gasteiger partial charge < -0.3 is 10.2 Å². The average molecular weight is 286 g/mol. The molecule has 0 aliphatic rings. The maximum Gasteiger partial charge on any atom is 0.123 e. The van der Waals surface area contributed by atoms with Gasteiger partial charge in [0, 0.05) is 12.2 Å². The van der Waals surface area contributed by atoms with Crippen LogP contribution in [-0.4, -0.2) is 19.0 Å². The number of anilines is 1. The molecule has 2 rings (SSSR count). The normalized spacial score (nSPS) is 12.4. The lowest BCUT2D eigenvalue weighted by Gasteiger charge is -2.22. The predicted octanol–water partition coefficient (Wildman–Crippen LogP) is 4.45. The van der Waals surface area contributed by atoms with Gasteiger partial charge in [-0.25, -0.2) is 4.39 Å². The fourth-order valence-corrected chi connectivity index (χ4v) is 2.44. The summed E-state index contributed by atoms with van der Waals surface area (Å²) in [5, 5.41) is 3.59. The molecular weight excluding hydrogens is 263 g/mol. The number of benzene rings is 2. The lowest BCUT2D eigenvalue weighted by Crippen LogP contribution is -2.15. The standard InChI is InChI=1S/C18H23FN2/c1-4-17(14-9-11-16(19)12-10-14)20-18-8-6-5-7-15(18)13-21(2)3/h5-12,17,20H,4,13H2,1-3H3. The van der Waals surface area contributed by atoms with Gasteiger partial charge in [0.05, 0.1) is 6.04 Å². The van der Waals surface area contributed by atoms with Crippen LogP contribution in [0.25, 0.3) is 0 Å². The Hall–Kier alpha value is -1.87. The summed E-state index contributed by atoms with van der Waals surface area (Å²) >= 11 is 0. The molecule has 0 bridgehead atoms. The van der Waals surface area contributed by atoms with E-state index in [9.17, 15) is 4.39 Å². The summed E-state index contributed by atoms with van der Waals surface area (Å²) in [5.41, 5.74) is 3.52. The molecule has 0 amide bonds. The Labute approximate surface area is 126 Å². The Morgan fingerprint density at radius 2 is 1.71 bits per heavy atom. The molecule has 0 aliphatic carbocycles. The van der Waals surface area contributed by atoms with Crippen molar-refractivity contribution in [3.05, 3.63) is 65.5 Å². The van der Waals surface area contributed by atoms with Crippen molar-refractivity contribution in [2.45, 2.75) is 25.9 Å². The van der Waals surface area contributed by atoms with Crippen LogP contribution in [0.5, 0.6) is 0 Å². The minimum Gasteiger partial charge on any atom is -0.378 e. The maximum atomic E-state index is 13.1. The predicted molar refractivity (Wildman–Crippen MR) is 86.9 cm³/mol. The molecule has 112 valence electrons. The third-order valence-electron chi connectivity index (χ3n) is 3.51. The van der Waals surface area contributed by atoms with E-state index in [1.165, 1.54) is 17.7 Å². The molecule has 0 aliphatic heterocycles. The van der Waals surface area contributed by atoms with Crippen molar-refractivity contribution in [2.75, 3.05) is 19.4 Å². The first-order valence-electron chi connectivity index (χ1n) is 7.34. The smallest absolute Gasteiger partial charge is 0.123 e. The first kappa shape index (κ1) is 15.5. The molecule has 2 nitrogen and oxygen atoms in total. The molecule has 21 heavy (non-hydrogen) atoms. The molecule has 3 heteroatoms. The molecule has 1 N–H and O–H groups in total. The van der Waals surface area contributed by atoms with Gasteiger partial charge in [-0.3, -0.25) is 0 Å². The number of rotatable bonds is 6. The van der Waals surface area contributed by atoms with Gasteiger partial charge in [-0.15, -0.1) is 0 Å². The van der Waals surface area contributed by atoms with Crippen molar-refractivity contribution < 1.29 is 4.39 Å². The molecule has 0 saturated heterocycles. The number of nitrogens with zero attached hydrogens (tertiary/aromatic N) is 1. The van der Waals surface area contributed by atoms with Crippen LogP contribution in [0, 0.1) is 5.82 Å². The molecule has 1 atom stereocenters. The summed E-state index contributed by atoms with van der Waals surface area (Å²) in [6.45, 7) is 3.03. The maximum absolute atomic E-state index is 13.1. The minimum atomic E-state index is -0.193. The molecule has 2 aromatic carbocycles. The Morgan fingerprint density at radius 1 is 1.05 bits per heavy atom. The summed E-state index contributed by atoms with van der Waals surface area (Å²) in [6.07, 6.45) is 0.946. The van der Waals surface area contributed by atoms with Crippen LogP contribution >= 0.6 is 0 Å². The van der Waals surface area contributed by atoms with Gasteiger partial charge in [0.1, 0.15) is 5.82 Å². The minimum absolute atomic E-state index is 0.189. The summed E-state index contributed by atoms with van der Waals surface area (Å²) < 4.78 is 13.1. The third-order valence-corrected chi connectivity index (χ3v) is 3.51. The van der Waals surface area contributed by atoms with Crippen LogP contribution in [0.1, 0.15) is 30.5 Å². The van der Waals surface area contributed by atoms with Crippen LogP contribution in [0.4, 0.5) is 10.1 Å². The Balaban J connectivity index is 2.20. The largest absolute Gasteiger partial charge is 0.378 e. The molecular formula is C18H23FN2. The highest BCUT2D eigenvalue weighted by atomic mass is 19.1.